The highest BCUT2D eigenvalue weighted by Gasteiger charge is 2.22. The highest BCUT2D eigenvalue weighted by Crippen LogP contribution is 2.31. The summed E-state index contributed by atoms with van der Waals surface area (Å²) >= 11 is 6.34. The number of fused-ring (bicyclic) bond motifs is 3. The third kappa shape index (κ3) is 3.34. The molecule has 6 heteroatoms. The fraction of sp³-hybridized carbons (Fsp3) is 0.304. The molecule has 0 aliphatic carbocycles. The monoisotopic (exact) mass is 405 g/mol. The third-order valence-corrected chi connectivity index (χ3v) is 6.08. The Balaban J connectivity index is 1.71. The van der Waals surface area contributed by atoms with Gasteiger partial charge in [-0.15, -0.1) is 0 Å². The topological polar surface area (TPSA) is 36.7 Å². The van der Waals surface area contributed by atoms with Crippen LogP contribution in [-0.2, 0) is 6.42 Å². The van der Waals surface area contributed by atoms with Crippen LogP contribution in [0.5, 0.6) is 0 Å². The fourth-order valence-corrected chi connectivity index (χ4v) is 4.29. The molecule has 5 nitrogen and oxygen atoms in total. The van der Waals surface area contributed by atoms with Gasteiger partial charge in [-0.3, -0.25) is 0 Å². The van der Waals surface area contributed by atoms with Gasteiger partial charge in [-0.2, -0.15) is 9.61 Å². The number of nitrogens with zero attached hydrogens (tertiary/aromatic N) is 5. The fourth-order valence-electron chi connectivity index (χ4n) is 4.12. The van der Waals surface area contributed by atoms with Gasteiger partial charge in [0.2, 0.25) is 5.95 Å². The molecule has 2 aromatic carbocycles. The minimum atomic E-state index is 0.721. The van der Waals surface area contributed by atoms with Crippen LogP contribution < -0.4 is 4.90 Å². The van der Waals surface area contributed by atoms with Gasteiger partial charge < -0.3 is 9.80 Å². The van der Waals surface area contributed by atoms with Gasteiger partial charge in [-0.1, -0.05) is 41.9 Å². The first-order valence-electron chi connectivity index (χ1n) is 10.0. The van der Waals surface area contributed by atoms with Gasteiger partial charge in [0.1, 0.15) is 0 Å². The molecule has 0 amide bonds. The molecular formula is C23H24ClN5. The van der Waals surface area contributed by atoms with Crippen molar-refractivity contribution in [3.05, 3.63) is 70.4 Å². The molecule has 4 aromatic rings. The molecule has 1 saturated heterocycles. The molecule has 1 aliphatic rings. The predicted molar refractivity (Wildman–Crippen MR) is 119 cm³/mol. The summed E-state index contributed by atoms with van der Waals surface area (Å²) in [5.74, 6) is 0.922. The number of likely N-dealkylation sites (N-methyl/N-ethyl adjacent to an activating group) is 1. The van der Waals surface area contributed by atoms with E-state index in [1.807, 2.05) is 28.8 Å². The first-order chi connectivity index (χ1) is 14.1. The molecule has 148 valence electrons. The van der Waals surface area contributed by atoms with E-state index in [-0.39, 0.29) is 0 Å². The second-order valence-electron chi connectivity index (χ2n) is 7.86. The molecule has 2 aromatic heterocycles. The Morgan fingerprint density at radius 1 is 1.00 bits per heavy atom. The Bertz CT molecular complexity index is 1180. The second kappa shape index (κ2) is 7.32. The van der Waals surface area contributed by atoms with Crippen molar-refractivity contribution in [1.29, 1.82) is 0 Å². The van der Waals surface area contributed by atoms with Crippen molar-refractivity contribution in [2.24, 2.45) is 0 Å². The van der Waals surface area contributed by atoms with Crippen LogP contribution in [0, 0.1) is 6.92 Å². The zero-order valence-electron chi connectivity index (χ0n) is 16.8. The van der Waals surface area contributed by atoms with E-state index < -0.39 is 0 Å². The van der Waals surface area contributed by atoms with Crippen LogP contribution in [0.2, 0.25) is 5.02 Å². The molecule has 0 unspecified atom stereocenters. The summed E-state index contributed by atoms with van der Waals surface area (Å²) in [6, 6.07) is 16.4. The molecule has 1 fully saturated rings. The summed E-state index contributed by atoms with van der Waals surface area (Å²) in [7, 11) is 2.17. The largest absolute Gasteiger partial charge is 0.338 e. The van der Waals surface area contributed by atoms with Crippen LogP contribution >= 0.6 is 11.6 Å². The first-order valence-corrected chi connectivity index (χ1v) is 10.4. The van der Waals surface area contributed by atoms with Crippen LogP contribution in [0.4, 0.5) is 5.95 Å². The molecule has 1 aliphatic heterocycles. The van der Waals surface area contributed by atoms with Crippen LogP contribution in [-0.4, -0.2) is 52.7 Å². The number of benzene rings is 2. The summed E-state index contributed by atoms with van der Waals surface area (Å²) in [5, 5.41) is 6.81. The number of halogens is 1. The highest BCUT2D eigenvalue weighted by atomic mass is 35.5. The smallest absolute Gasteiger partial charge is 0.227 e. The van der Waals surface area contributed by atoms with E-state index in [1.165, 1.54) is 11.1 Å². The van der Waals surface area contributed by atoms with Gasteiger partial charge >= 0.3 is 0 Å². The van der Waals surface area contributed by atoms with Gasteiger partial charge in [0.25, 0.3) is 0 Å². The second-order valence-corrected chi connectivity index (χ2v) is 8.29. The van der Waals surface area contributed by atoms with Gasteiger partial charge in [0, 0.05) is 43.0 Å². The molecule has 0 N–H and O–H groups in total. The SMILES string of the molecule is Cc1c(Cc2ccccc2)nn2c(N3CCN(C)CC3)nc3ccc(Cl)cc3c12. The van der Waals surface area contributed by atoms with Crippen molar-refractivity contribution in [2.45, 2.75) is 13.3 Å². The Morgan fingerprint density at radius 3 is 2.52 bits per heavy atom. The summed E-state index contributed by atoms with van der Waals surface area (Å²) in [5.41, 5.74) is 5.61. The lowest BCUT2D eigenvalue weighted by atomic mass is 10.1. The number of hydrogen-bond acceptors (Lipinski definition) is 4. The number of rotatable bonds is 3. The summed E-state index contributed by atoms with van der Waals surface area (Å²) in [4.78, 5) is 9.70. The third-order valence-electron chi connectivity index (χ3n) is 5.84. The number of aryl methyl sites for hydroxylation is 1. The standard InChI is InChI=1S/C23H24ClN5/c1-16-21(14-17-6-4-3-5-7-17)26-29-22(16)19-15-18(24)8-9-20(19)25-23(29)28-12-10-27(2)11-13-28/h3-9,15H,10-14H2,1-2H3. The van der Waals surface area contributed by atoms with Gasteiger partial charge in [-0.25, -0.2) is 4.98 Å². The van der Waals surface area contributed by atoms with E-state index in [2.05, 4.69) is 48.0 Å². The van der Waals surface area contributed by atoms with Crippen LogP contribution in [0.25, 0.3) is 16.4 Å². The molecule has 0 saturated carbocycles. The van der Waals surface area contributed by atoms with E-state index >= 15 is 0 Å². The van der Waals surface area contributed by atoms with Crippen molar-refractivity contribution in [1.82, 2.24) is 19.5 Å². The molecule has 0 spiro atoms. The summed E-state index contributed by atoms with van der Waals surface area (Å²) < 4.78 is 2.04. The first kappa shape index (κ1) is 18.4. The van der Waals surface area contributed by atoms with E-state index in [1.54, 1.807) is 0 Å². The van der Waals surface area contributed by atoms with E-state index in [9.17, 15) is 0 Å². The quantitative estimate of drug-likeness (QED) is 0.512. The maximum absolute atomic E-state index is 6.34. The highest BCUT2D eigenvalue weighted by molar-refractivity contribution is 6.31. The lowest BCUT2D eigenvalue weighted by Gasteiger charge is -2.33. The molecule has 5 rings (SSSR count). The molecule has 0 atom stereocenters. The zero-order chi connectivity index (χ0) is 20.0. The average Bonchev–Trinajstić information content (AvgIpc) is 3.05. The van der Waals surface area contributed by atoms with Crippen LogP contribution in [0.3, 0.4) is 0 Å². The van der Waals surface area contributed by atoms with Crippen molar-refractivity contribution in [3.8, 4) is 0 Å². The molecule has 29 heavy (non-hydrogen) atoms. The zero-order valence-corrected chi connectivity index (χ0v) is 17.5. The number of aromatic nitrogens is 3. The van der Waals surface area contributed by atoms with Crippen molar-refractivity contribution in [3.63, 3.8) is 0 Å². The lowest BCUT2D eigenvalue weighted by molar-refractivity contribution is 0.310. The maximum Gasteiger partial charge on any atom is 0.227 e. The van der Waals surface area contributed by atoms with Crippen molar-refractivity contribution >= 4 is 34.0 Å². The normalized spacial score (nSPS) is 15.5. The molecule has 0 radical (unpaired) electrons. The molecular weight excluding hydrogens is 382 g/mol. The Morgan fingerprint density at radius 2 is 1.76 bits per heavy atom. The Labute approximate surface area is 175 Å². The van der Waals surface area contributed by atoms with Gasteiger partial charge in [0.05, 0.1) is 16.7 Å². The van der Waals surface area contributed by atoms with E-state index in [4.69, 9.17) is 21.7 Å². The summed E-state index contributed by atoms with van der Waals surface area (Å²) in [6.45, 7) is 6.11. The number of hydrogen-bond donors (Lipinski definition) is 0. The van der Waals surface area contributed by atoms with E-state index in [0.717, 1.165) is 65.7 Å². The average molecular weight is 406 g/mol. The van der Waals surface area contributed by atoms with Crippen molar-refractivity contribution < 1.29 is 0 Å². The minimum Gasteiger partial charge on any atom is -0.338 e. The lowest BCUT2D eigenvalue weighted by Crippen LogP contribution is -2.45. The summed E-state index contributed by atoms with van der Waals surface area (Å²) in [6.07, 6.45) is 0.804. The Kier molecular flexibility index (Phi) is 4.64. The minimum absolute atomic E-state index is 0.721. The molecule has 0 bridgehead atoms. The maximum atomic E-state index is 6.34. The number of anilines is 1. The molecule has 3 heterocycles. The predicted octanol–water partition coefficient (Wildman–Crippen LogP) is 4.19. The van der Waals surface area contributed by atoms with Crippen LogP contribution in [0.15, 0.2) is 48.5 Å². The van der Waals surface area contributed by atoms with Crippen molar-refractivity contribution in [2.75, 3.05) is 38.1 Å². The Hall–Kier alpha value is -2.63. The number of piperazine rings is 1. The van der Waals surface area contributed by atoms with Gasteiger partial charge in [-0.05, 0) is 43.3 Å². The van der Waals surface area contributed by atoms with Crippen LogP contribution in [0.1, 0.15) is 16.8 Å². The van der Waals surface area contributed by atoms with Gasteiger partial charge in [0.15, 0.2) is 0 Å². The van der Waals surface area contributed by atoms with E-state index in [0.29, 0.717) is 0 Å².